The lowest BCUT2D eigenvalue weighted by atomic mass is 9.96. The molecule has 1 saturated carbocycles. The molecule has 1 aromatic carbocycles. The van der Waals surface area contributed by atoms with Gasteiger partial charge in [0.05, 0.1) is 0 Å². The number of hydrogen-bond acceptors (Lipinski definition) is 2. The lowest BCUT2D eigenvalue weighted by Crippen LogP contribution is -2.35. The van der Waals surface area contributed by atoms with E-state index in [4.69, 9.17) is 5.73 Å². The van der Waals surface area contributed by atoms with Gasteiger partial charge in [-0.05, 0) is 37.1 Å². The third-order valence-corrected chi connectivity index (χ3v) is 4.29. The highest BCUT2D eigenvalue weighted by Gasteiger charge is 2.22. The summed E-state index contributed by atoms with van der Waals surface area (Å²) in [6, 6.07) is 6.99. The second kappa shape index (κ2) is 4.99. The van der Waals surface area contributed by atoms with E-state index in [1.165, 1.54) is 31.4 Å². The predicted octanol–water partition coefficient (Wildman–Crippen LogP) is 3.19. The number of benzene rings is 1. The molecule has 0 aromatic heterocycles. The van der Waals surface area contributed by atoms with Crippen LogP contribution in [0.15, 0.2) is 29.2 Å². The van der Waals surface area contributed by atoms with Gasteiger partial charge in [0.25, 0.3) is 0 Å². The van der Waals surface area contributed by atoms with Crippen LogP contribution in [0.4, 0.5) is 4.39 Å². The molecule has 15 heavy (non-hydrogen) atoms. The maximum atomic E-state index is 12.7. The molecule has 0 bridgehead atoms. The molecule has 2 rings (SSSR count). The van der Waals surface area contributed by atoms with E-state index >= 15 is 0 Å². The monoisotopic (exact) mass is 225 g/mol. The van der Waals surface area contributed by atoms with Crippen molar-refractivity contribution in [1.29, 1.82) is 0 Å². The number of hydrogen-bond donors (Lipinski definition) is 1. The van der Waals surface area contributed by atoms with Gasteiger partial charge in [0.2, 0.25) is 0 Å². The molecule has 1 aromatic rings. The van der Waals surface area contributed by atoms with Gasteiger partial charge in [0, 0.05) is 16.2 Å². The van der Waals surface area contributed by atoms with E-state index in [9.17, 15) is 4.39 Å². The van der Waals surface area contributed by atoms with Crippen molar-refractivity contribution in [2.45, 2.75) is 41.9 Å². The first-order valence-electron chi connectivity index (χ1n) is 5.43. The summed E-state index contributed by atoms with van der Waals surface area (Å²) in [5.74, 6) is -0.174. The summed E-state index contributed by atoms with van der Waals surface area (Å²) in [5, 5.41) is 0.504. The smallest absolute Gasteiger partial charge is 0.123 e. The Balaban J connectivity index is 1.98. The molecule has 1 nitrogen and oxygen atoms in total. The van der Waals surface area contributed by atoms with Crippen LogP contribution in [0.5, 0.6) is 0 Å². The Bertz CT molecular complexity index is 312. The molecule has 0 saturated heterocycles. The molecule has 2 N–H and O–H groups in total. The fraction of sp³-hybridized carbons (Fsp3) is 0.500. The maximum absolute atomic E-state index is 12.7. The first-order chi connectivity index (χ1) is 7.25. The molecule has 3 heteroatoms. The van der Waals surface area contributed by atoms with Gasteiger partial charge < -0.3 is 5.73 Å². The molecular formula is C12H16FNS. The van der Waals surface area contributed by atoms with E-state index in [1.807, 2.05) is 12.1 Å². The number of thioether (sulfide) groups is 1. The average Bonchev–Trinajstić information content (AvgIpc) is 2.25. The molecular weight excluding hydrogens is 209 g/mol. The average molecular weight is 225 g/mol. The van der Waals surface area contributed by atoms with Crippen molar-refractivity contribution in [3.05, 3.63) is 30.1 Å². The zero-order valence-corrected chi connectivity index (χ0v) is 9.47. The highest BCUT2D eigenvalue weighted by atomic mass is 32.2. The molecule has 0 heterocycles. The second-order valence-corrected chi connectivity index (χ2v) is 5.37. The van der Waals surface area contributed by atoms with E-state index in [0.717, 1.165) is 11.3 Å². The second-order valence-electron chi connectivity index (χ2n) is 4.06. The molecule has 0 radical (unpaired) electrons. The minimum atomic E-state index is -0.174. The van der Waals surface area contributed by atoms with Crippen molar-refractivity contribution in [2.24, 2.45) is 5.73 Å². The molecule has 0 spiro atoms. The van der Waals surface area contributed by atoms with E-state index in [0.29, 0.717) is 11.3 Å². The van der Waals surface area contributed by atoms with Gasteiger partial charge in [-0.25, -0.2) is 4.39 Å². The van der Waals surface area contributed by atoms with Gasteiger partial charge in [0.1, 0.15) is 5.82 Å². The number of nitrogens with two attached hydrogens (primary N) is 1. The van der Waals surface area contributed by atoms with Gasteiger partial charge >= 0.3 is 0 Å². The molecule has 82 valence electrons. The quantitative estimate of drug-likeness (QED) is 0.836. The predicted molar refractivity (Wildman–Crippen MR) is 62.5 cm³/mol. The Labute approximate surface area is 94.2 Å². The summed E-state index contributed by atoms with van der Waals surface area (Å²) in [7, 11) is 0. The standard InChI is InChI=1S/C12H16FNS/c13-9-5-7-10(8-6-9)15-12-4-2-1-3-11(12)14/h5-8,11-12H,1-4,14H2. The summed E-state index contributed by atoms with van der Waals surface area (Å²) in [6.07, 6.45) is 4.83. The van der Waals surface area contributed by atoms with Crippen molar-refractivity contribution in [3.63, 3.8) is 0 Å². The Morgan fingerprint density at radius 1 is 1.13 bits per heavy atom. The normalized spacial score (nSPS) is 26.5. The van der Waals surface area contributed by atoms with Crippen LogP contribution in [-0.4, -0.2) is 11.3 Å². The topological polar surface area (TPSA) is 26.0 Å². The van der Waals surface area contributed by atoms with Crippen LogP contribution in [0.3, 0.4) is 0 Å². The first kappa shape index (κ1) is 11.0. The van der Waals surface area contributed by atoms with Crippen molar-refractivity contribution in [1.82, 2.24) is 0 Å². The van der Waals surface area contributed by atoms with Gasteiger partial charge in [0.15, 0.2) is 0 Å². The van der Waals surface area contributed by atoms with Crippen molar-refractivity contribution in [2.75, 3.05) is 0 Å². The highest BCUT2D eigenvalue weighted by molar-refractivity contribution is 8.00. The van der Waals surface area contributed by atoms with Gasteiger partial charge in [-0.15, -0.1) is 11.8 Å². The molecule has 1 fully saturated rings. The number of halogens is 1. The fourth-order valence-electron chi connectivity index (χ4n) is 1.96. The molecule has 1 aliphatic carbocycles. The molecule has 1 aliphatic rings. The van der Waals surface area contributed by atoms with Crippen molar-refractivity contribution < 1.29 is 4.39 Å². The van der Waals surface area contributed by atoms with Crippen LogP contribution in [0.1, 0.15) is 25.7 Å². The largest absolute Gasteiger partial charge is 0.327 e. The minimum Gasteiger partial charge on any atom is -0.327 e. The zero-order valence-electron chi connectivity index (χ0n) is 8.66. The lowest BCUT2D eigenvalue weighted by Gasteiger charge is -2.27. The van der Waals surface area contributed by atoms with Crippen LogP contribution >= 0.6 is 11.8 Å². The molecule has 2 atom stereocenters. The van der Waals surface area contributed by atoms with E-state index in [1.54, 1.807) is 11.8 Å². The minimum absolute atomic E-state index is 0.174. The SMILES string of the molecule is NC1CCCCC1Sc1ccc(F)cc1. The Morgan fingerprint density at radius 3 is 2.47 bits per heavy atom. The molecule has 0 aliphatic heterocycles. The first-order valence-corrected chi connectivity index (χ1v) is 6.31. The highest BCUT2D eigenvalue weighted by Crippen LogP contribution is 2.32. The Morgan fingerprint density at radius 2 is 1.80 bits per heavy atom. The number of rotatable bonds is 2. The van der Waals surface area contributed by atoms with Crippen LogP contribution < -0.4 is 5.73 Å². The fourth-order valence-corrected chi connectivity index (χ4v) is 3.20. The Hall–Kier alpha value is -0.540. The molecule has 2 unspecified atom stereocenters. The third-order valence-electron chi connectivity index (χ3n) is 2.85. The summed E-state index contributed by atoms with van der Waals surface area (Å²) < 4.78 is 12.7. The summed E-state index contributed by atoms with van der Waals surface area (Å²) in [4.78, 5) is 1.12. The van der Waals surface area contributed by atoms with Crippen LogP contribution in [0.2, 0.25) is 0 Å². The van der Waals surface area contributed by atoms with E-state index < -0.39 is 0 Å². The third kappa shape index (κ3) is 2.95. The van der Waals surface area contributed by atoms with Crippen LogP contribution in [0.25, 0.3) is 0 Å². The summed E-state index contributed by atoms with van der Waals surface area (Å²) >= 11 is 1.79. The van der Waals surface area contributed by atoms with E-state index in [-0.39, 0.29) is 5.82 Å². The summed E-state index contributed by atoms with van der Waals surface area (Å²) in [5.41, 5.74) is 6.06. The van der Waals surface area contributed by atoms with Crippen LogP contribution in [0, 0.1) is 5.82 Å². The lowest BCUT2D eigenvalue weighted by molar-refractivity contribution is 0.453. The summed E-state index contributed by atoms with van der Waals surface area (Å²) in [6.45, 7) is 0. The van der Waals surface area contributed by atoms with E-state index in [2.05, 4.69) is 0 Å². The van der Waals surface area contributed by atoms with Gasteiger partial charge in [-0.2, -0.15) is 0 Å². The van der Waals surface area contributed by atoms with Gasteiger partial charge in [-0.1, -0.05) is 12.8 Å². The maximum Gasteiger partial charge on any atom is 0.123 e. The van der Waals surface area contributed by atoms with Crippen molar-refractivity contribution >= 4 is 11.8 Å². The molecule has 0 amide bonds. The van der Waals surface area contributed by atoms with Crippen LogP contribution in [-0.2, 0) is 0 Å². The van der Waals surface area contributed by atoms with Gasteiger partial charge in [-0.3, -0.25) is 0 Å². The van der Waals surface area contributed by atoms with Crippen molar-refractivity contribution in [3.8, 4) is 0 Å². The zero-order chi connectivity index (χ0) is 10.7. The Kier molecular flexibility index (Phi) is 3.65.